The molecule has 19 heavy (non-hydrogen) atoms. The average molecular weight is 256 g/mol. The van der Waals surface area contributed by atoms with Gasteiger partial charge in [-0.15, -0.1) is 0 Å². The molecule has 0 aliphatic heterocycles. The minimum atomic E-state index is 0.590. The van der Waals surface area contributed by atoms with Crippen LogP contribution in [-0.2, 0) is 13.0 Å². The maximum Gasteiger partial charge on any atom is 0.0476 e. The van der Waals surface area contributed by atoms with E-state index >= 15 is 0 Å². The first kappa shape index (κ1) is 13.9. The number of hydrogen-bond acceptors (Lipinski definition) is 1. The summed E-state index contributed by atoms with van der Waals surface area (Å²) in [6.45, 7) is 12.3. The Kier molecular flexibility index (Phi) is 4.08. The molecular formula is C17H24N2. The second kappa shape index (κ2) is 5.60. The topological polar surface area (TPSA) is 17.8 Å². The molecule has 2 heteroatoms. The van der Waals surface area contributed by atoms with Gasteiger partial charge in [-0.05, 0) is 55.0 Å². The van der Waals surface area contributed by atoms with Crippen molar-refractivity contribution in [3.8, 4) is 0 Å². The van der Waals surface area contributed by atoms with Crippen LogP contribution in [0.4, 0.5) is 0 Å². The van der Waals surface area contributed by atoms with Gasteiger partial charge in [-0.2, -0.15) is 0 Å². The monoisotopic (exact) mass is 256 g/mol. The van der Waals surface area contributed by atoms with Gasteiger partial charge in [0.2, 0.25) is 0 Å². The van der Waals surface area contributed by atoms with Crippen LogP contribution in [-0.4, -0.2) is 9.55 Å². The van der Waals surface area contributed by atoms with Gasteiger partial charge in [0.05, 0.1) is 0 Å². The fraction of sp³-hybridized carbons (Fsp3) is 0.471. The predicted molar refractivity (Wildman–Crippen MR) is 80.7 cm³/mol. The Hall–Kier alpha value is -1.57. The molecule has 0 unspecified atom stereocenters. The van der Waals surface area contributed by atoms with E-state index in [9.17, 15) is 0 Å². The van der Waals surface area contributed by atoms with Crippen molar-refractivity contribution in [2.75, 3.05) is 0 Å². The molecule has 102 valence electrons. The molecular weight excluding hydrogens is 232 g/mol. The summed E-state index contributed by atoms with van der Waals surface area (Å²) >= 11 is 0. The Balaban J connectivity index is 2.47. The first-order valence-electron chi connectivity index (χ1n) is 7.13. The lowest BCUT2D eigenvalue weighted by atomic mass is 9.97. The largest absolute Gasteiger partial charge is 0.344 e. The van der Waals surface area contributed by atoms with Crippen molar-refractivity contribution in [3.63, 3.8) is 0 Å². The smallest absolute Gasteiger partial charge is 0.0476 e. The molecule has 0 amide bonds. The van der Waals surface area contributed by atoms with E-state index in [-0.39, 0.29) is 0 Å². The van der Waals surface area contributed by atoms with E-state index in [0.29, 0.717) is 5.92 Å². The van der Waals surface area contributed by atoms with Crippen molar-refractivity contribution >= 4 is 0 Å². The van der Waals surface area contributed by atoms with Gasteiger partial charge < -0.3 is 4.57 Å². The molecule has 2 heterocycles. The van der Waals surface area contributed by atoms with E-state index in [2.05, 4.69) is 56.3 Å². The van der Waals surface area contributed by atoms with Gasteiger partial charge >= 0.3 is 0 Å². The zero-order valence-corrected chi connectivity index (χ0v) is 12.7. The van der Waals surface area contributed by atoms with E-state index < -0.39 is 0 Å². The number of aromatic nitrogens is 2. The van der Waals surface area contributed by atoms with Crippen LogP contribution >= 0.6 is 0 Å². The highest BCUT2D eigenvalue weighted by Crippen LogP contribution is 2.30. The summed E-state index contributed by atoms with van der Waals surface area (Å²) in [5.41, 5.74) is 7.21. The lowest BCUT2D eigenvalue weighted by Gasteiger charge is -2.11. The van der Waals surface area contributed by atoms with Gasteiger partial charge in [0, 0.05) is 30.3 Å². The van der Waals surface area contributed by atoms with E-state index in [4.69, 9.17) is 0 Å². The molecule has 0 bridgehead atoms. The Morgan fingerprint density at radius 3 is 2.21 bits per heavy atom. The summed E-state index contributed by atoms with van der Waals surface area (Å²) in [6.07, 6.45) is 4.85. The van der Waals surface area contributed by atoms with Crippen molar-refractivity contribution in [2.24, 2.45) is 0 Å². The lowest BCUT2D eigenvalue weighted by molar-refractivity contribution is 0.734. The van der Waals surface area contributed by atoms with Crippen LogP contribution in [0, 0.1) is 13.8 Å². The molecule has 0 radical (unpaired) electrons. The Labute approximate surface area is 116 Å². The Bertz CT molecular complexity index is 550. The second-order valence-electron chi connectivity index (χ2n) is 5.51. The molecule has 0 N–H and O–H groups in total. The molecule has 0 saturated carbocycles. The predicted octanol–water partition coefficient (Wildman–Crippen LogP) is 4.23. The molecule has 2 rings (SSSR count). The van der Waals surface area contributed by atoms with Gasteiger partial charge in [-0.1, -0.05) is 20.8 Å². The number of hydrogen-bond donors (Lipinski definition) is 0. The number of nitrogens with zero attached hydrogens (tertiary/aromatic N) is 2. The SMILES string of the molecule is CCc1c(C(C)C)c(C)n(Cc2ccncc2)c1C. The van der Waals surface area contributed by atoms with Gasteiger partial charge in [-0.25, -0.2) is 0 Å². The molecule has 0 aliphatic rings. The molecule has 0 aliphatic carbocycles. The molecule has 0 aromatic carbocycles. The van der Waals surface area contributed by atoms with Gasteiger partial charge in [0.1, 0.15) is 0 Å². The number of rotatable bonds is 4. The van der Waals surface area contributed by atoms with Crippen molar-refractivity contribution in [3.05, 3.63) is 52.6 Å². The normalized spacial score (nSPS) is 11.3. The Morgan fingerprint density at radius 1 is 1.11 bits per heavy atom. The third-order valence-electron chi connectivity index (χ3n) is 3.98. The fourth-order valence-electron chi connectivity index (χ4n) is 3.09. The van der Waals surface area contributed by atoms with Crippen LogP contribution in [0.15, 0.2) is 24.5 Å². The van der Waals surface area contributed by atoms with Crippen LogP contribution in [0.2, 0.25) is 0 Å². The van der Waals surface area contributed by atoms with E-state index in [1.807, 2.05) is 12.4 Å². The molecule has 0 atom stereocenters. The summed E-state index contributed by atoms with van der Waals surface area (Å²) in [6, 6.07) is 4.19. The molecule has 2 aromatic rings. The first-order valence-corrected chi connectivity index (χ1v) is 7.13. The molecule has 2 nitrogen and oxygen atoms in total. The van der Waals surface area contributed by atoms with Crippen molar-refractivity contribution in [1.29, 1.82) is 0 Å². The summed E-state index contributed by atoms with van der Waals surface area (Å²) in [5.74, 6) is 0.590. The van der Waals surface area contributed by atoms with Gasteiger partial charge in [-0.3, -0.25) is 4.98 Å². The quantitative estimate of drug-likeness (QED) is 0.800. The third-order valence-corrected chi connectivity index (χ3v) is 3.98. The van der Waals surface area contributed by atoms with Crippen LogP contribution < -0.4 is 0 Å². The van der Waals surface area contributed by atoms with Crippen LogP contribution in [0.1, 0.15) is 54.8 Å². The minimum absolute atomic E-state index is 0.590. The van der Waals surface area contributed by atoms with Gasteiger partial charge in [0.15, 0.2) is 0 Å². The maximum absolute atomic E-state index is 4.09. The average Bonchev–Trinajstić information content (AvgIpc) is 2.64. The minimum Gasteiger partial charge on any atom is -0.344 e. The van der Waals surface area contributed by atoms with E-state index in [1.54, 1.807) is 0 Å². The standard InChI is InChI=1S/C17H24N2/c1-6-16-13(4)19(14(5)17(16)12(2)3)11-15-7-9-18-10-8-15/h7-10,12H,6,11H2,1-5H3. The summed E-state index contributed by atoms with van der Waals surface area (Å²) < 4.78 is 2.45. The van der Waals surface area contributed by atoms with Crippen LogP contribution in [0.3, 0.4) is 0 Å². The molecule has 0 spiro atoms. The second-order valence-corrected chi connectivity index (χ2v) is 5.51. The molecule has 0 saturated heterocycles. The van der Waals surface area contributed by atoms with Crippen molar-refractivity contribution in [2.45, 2.75) is 53.5 Å². The highest BCUT2D eigenvalue weighted by molar-refractivity contribution is 5.40. The van der Waals surface area contributed by atoms with Gasteiger partial charge in [0.25, 0.3) is 0 Å². The lowest BCUT2D eigenvalue weighted by Crippen LogP contribution is -2.04. The highest BCUT2D eigenvalue weighted by Gasteiger charge is 2.18. The zero-order chi connectivity index (χ0) is 14.0. The summed E-state index contributed by atoms with van der Waals surface area (Å²) in [7, 11) is 0. The fourth-order valence-corrected chi connectivity index (χ4v) is 3.09. The molecule has 0 fully saturated rings. The highest BCUT2D eigenvalue weighted by atomic mass is 15.0. The summed E-state index contributed by atoms with van der Waals surface area (Å²) in [4.78, 5) is 4.09. The van der Waals surface area contributed by atoms with Crippen LogP contribution in [0.25, 0.3) is 0 Å². The Morgan fingerprint density at radius 2 is 1.74 bits per heavy atom. The van der Waals surface area contributed by atoms with Crippen molar-refractivity contribution < 1.29 is 0 Å². The first-order chi connectivity index (χ1) is 9.06. The molecule has 2 aromatic heterocycles. The maximum atomic E-state index is 4.09. The van der Waals surface area contributed by atoms with Crippen LogP contribution in [0.5, 0.6) is 0 Å². The van der Waals surface area contributed by atoms with Crippen molar-refractivity contribution in [1.82, 2.24) is 9.55 Å². The summed E-state index contributed by atoms with van der Waals surface area (Å²) in [5, 5.41) is 0. The third kappa shape index (κ3) is 2.58. The zero-order valence-electron chi connectivity index (χ0n) is 12.7. The van der Waals surface area contributed by atoms with E-state index in [0.717, 1.165) is 13.0 Å². The number of pyridine rings is 1. The van der Waals surface area contributed by atoms with E-state index in [1.165, 1.54) is 28.1 Å².